The highest BCUT2D eigenvalue weighted by Crippen LogP contribution is 2.35. The second kappa shape index (κ2) is 4.97. The lowest BCUT2D eigenvalue weighted by Gasteiger charge is -2.28. The Kier molecular flexibility index (Phi) is 3.31. The van der Waals surface area contributed by atoms with E-state index in [9.17, 15) is 0 Å². The van der Waals surface area contributed by atoms with Gasteiger partial charge in [-0.05, 0) is 44.4 Å². The van der Waals surface area contributed by atoms with Crippen LogP contribution in [0.4, 0.5) is 0 Å². The van der Waals surface area contributed by atoms with Crippen molar-refractivity contribution in [1.29, 1.82) is 0 Å². The Hall–Kier alpha value is -1.35. The summed E-state index contributed by atoms with van der Waals surface area (Å²) in [6.07, 6.45) is 4.72. The molecular weight excluding hydrogens is 234 g/mol. The SMILES string of the molecule is CCCn1c(C2(CC)CCCN2)nc2ccccc21. The lowest BCUT2D eigenvalue weighted by Crippen LogP contribution is -2.38. The molecule has 1 fully saturated rings. The fourth-order valence-electron chi connectivity index (χ4n) is 3.35. The van der Waals surface area contributed by atoms with Gasteiger partial charge in [0.1, 0.15) is 5.82 Å². The molecule has 3 nitrogen and oxygen atoms in total. The molecule has 1 aromatic carbocycles. The number of aromatic nitrogens is 2. The molecule has 1 aliphatic heterocycles. The number of benzene rings is 1. The quantitative estimate of drug-likeness (QED) is 0.909. The summed E-state index contributed by atoms with van der Waals surface area (Å²) in [6.45, 7) is 6.68. The molecule has 0 spiro atoms. The van der Waals surface area contributed by atoms with Gasteiger partial charge in [-0.1, -0.05) is 26.0 Å². The van der Waals surface area contributed by atoms with Gasteiger partial charge >= 0.3 is 0 Å². The minimum atomic E-state index is 0.0915. The third-order valence-corrected chi connectivity index (χ3v) is 4.38. The summed E-state index contributed by atoms with van der Waals surface area (Å²) >= 11 is 0. The van der Waals surface area contributed by atoms with E-state index in [0.717, 1.165) is 31.4 Å². The number of hydrogen-bond donors (Lipinski definition) is 1. The monoisotopic (exact) mass is 257 g/mol. The average Bonchev–Trinajstić information content (AvgIpc) is 3.05. The molecule has 0 aliphatic carbocycles. The van der Waals surface area contributed by atoms with Crippen LogP contribution in [0.15, 0.2) is 24.3 Å². The van der Waals surface area contributed by atoms with Crippen LogP contribution in [0.3, 0.4) is 0 Å². The van der Waals surface area contributed by atoms with Gasteiger partial charge in [-0.3, -0.25) is 0 Å². The lowest BCUT2D eigenvalue weighted by molar-refractivity contribution is 0.338. The summed E-state index contributed by atoms with van der Waals surface area (Å²) in [5.41, 5.74) is 2.50. The zero-order valence-electron chi connectivity index (χ0n) is 11.9. The van der Waals surface area contributed by atoms with E-state index >= 15 is 0 Å². The van der Waals surface area contributed by atoms with Crippen molar-refractivity contribution in [3.8, 4) is 0 Å². The van der Waals surface area contributed by atoms with Crippen molar-refractivity contribution in [2.45, 2.75) is 51.6 Å². The number of fused-ring (bicyclic) bond motifs is 1. The van der Waals surface area contributed by atoms with E-state index in [4.69, 9.17) is 4.98 Å². The number of para-hydroxylation sites is 2. The first kappa shape index (κ1) is 12.7. The summed E-state index contributed by atoms with van der Waals surface area (Å²) in [7, 11) is 0. The molecule has 3 rings (SSSR count). The maximum Gasteiger partial charge on any atom is 0.130 e. The minimum absolute atomic E-state index is 0.0915. The first-order valence-corrected chi connectivity index (χ1v) is 7.51. The molecule has 0 radical (unpaired) electrons. The fourth-order valence-corrected chi connectivity index (χ4v) is 3.35. The highest BCUT2D eigenvalue weighted by molar-refractivity contribution is 5.76. The summed E-state index contributed by atoms with van der Waals surface area (Å²) in [4.78, 5) is 4.96. The highest BCUT2D eigenvalue weighted by Gasteiger charge is 2.37. The first-order valence-electron chi connectivity index (χ1n) is 7.51. The number of hydrogen-bond acceptors (Lipinski definition) is 2. The van der Waals surface area contributed by atoms with Gasteiger partial charge in [-0.25, -0.2) is 4.98 Å². The van der Waals surface area contributed by atoms with Gasteiger partial charge in [0.2, 0.25) is 0 Å². The number of imidazole rings is 1. The average molecular weight is 257 g/mol. The van der Waals surface area contributed by atoms with Crippen LogP contribution in [0.1, 0.15) is 45.4 Å². The summed E-state index contributed by atoms with van der Waals surface area (Å²) in [5, 5.41) is 3.71. The van der Waals surface area contributed by atoms with E-state index in [1.807, 2.05) is 0 Å². The molecule has 1 saturated heterocycles. The van der Waals surface area contributed by atoms with Crippen LogP contribution in [0.25, 0.3) is 11.0 Å². The molecule has 0 bridgehead atoms. The highest BCUT2D eigenvalue weighted by atomic mass is 15.2. The first-order chi connectivity index (χ1) is 9.30. The van der Waals surface area contributed by atoms with Crippen LogP contribution >= 0.6 is 0 Å². The van der Waals surface area contributed by atoms with E-state index in [-0.39, 0.29) is 5.54 Å². The number of aryl methyl sites for hydroxylation is 1. The van der Waals surface area contributed by atoms with Crippen molar-refractivity contribution in [3.05, 3.63) is 30.1 Å². The third-order valence-electron chi connectivity index (χ3n) is 4.38. The van der Waals surface area contributed by atoms with Gasteiger partial charge in [0, 0.05) is 6.54 Å². The molecule has 2 aromatic rings. The zero-order chi connectivity index (χ0) is 13.3. The van der Waals surface area contributed by atoms with Crippen molar-refractivity contribution < 1.29 is 0 Å². The molecule has 102 valence electrons. The van der Waals surface area contributed by atoms with E-state index in [2.05, 4.69) is 48.0 Å². The molecule has 0 amide bonds. The number of nitrogens with one attached hydrogen (secondary N) is 1. The zero-order valence-corrected chi connectivity index (χ0v) is 11.9. The van der Waals surface area contributed by atoms with Crippen molar-refractivity contribution in [3.63, 3.8) is 0 Å². The van der Waals surface area contributed by atoms with Gasteiger partial charge in [-0.2, -0.15) is 0 Å². The molecule has 3 heteroatoms. The van der Waals surface area contributed by atoms with Crippen molar-refractivity contribution in [2.75, 3.05) is 6.54 Å². The van der Waals surface area contributed by atoms with E-state index in [1.54, 1.807) is 0 Å². The van der Waals surface area contributed by atoms with Crippen molar-refractivity contribution in [2.24, 2.45) is 0 Å². The van der Waals surface area contributed by atoms with Crippen LogP contribution in [-0.4, -0.2) is 16.1 Å². The smallest absolute Gasteiger partial charge is 0.130 e. The number of rotatable bonds is 4. The number of nitrogens with zero attached hydrogens (tertiary/aromatic N) is 2. The maximum absolute atomic E-state index is 4.96. The largest absolute Gasteiger partial charge is 0.326 e. The van der Waals surface area contributed by atoms with Gasteiger partial charge in [0.05, 0.1) is 16.6 Å². The van der Waals surface area contributed by atoms with Crippen LogP contribution in [0.5, 0.6) is 0 Å². The van der Waals surface area contributed by atoms with Gasteiger partial charge in [0.15, 0.2) is 0 Å². The molecule has 1 atom stereocenters. The van der Waals surface area contributed by atoms with Crippen LogP contribution in [0, 0.1) is 0 Å². The summed E-state index contributed by atoms with van der Waals surface area (Å²) in [5.74, 6) is 1.25. The lowest BCUT2D eigenvalue weighted by atomic mass is 9.93. The Labute approximate surface area is 115 Å². The Balaban J connectivity index is 2.18. The van der Waals surface area contributed by atoms with Crippen LogP contribution in [0.2, 0.25) is 0 Å². The van der Waals surface area contributed by atoms with Gasteiger partial charge < -0.3 is 9.88 Å². The van der Waals surface area contributed by atoms with Gasteiger partial charge in [-0.15, -0.1) is 0 Å². The van der Waals surface area contributed by atoms with E-state index in [0.29, 0.717) is 0 Å². The van der Waals surface area contributed by atoms with Gasteiger partial charge in [0.25, 0.3) is 0 Å². The predicted octanol–water partition coefficient (Wildman–Crippen LogP) is 3.44. The van der Waals surface area contributed by atoms with Crippen LogP contribution in [-0.2, 0) is 12.1 Å². The van der Waals surface area contributed by atoms with E-state index in [1.165, 1.54) is 24.2 Å². The maximum atomic E-state index is 4.96. The molecule has 1 unspecified atom stereocenters. The molecule has 2 heterocycles. The summed E-state index contributed by atoms with van der Waals surface area (Å²) in [6, 6.07) is 8.51. The topological polar surface area (TPSA) is 29.9 Å². The second-order valence-corrected chi connectivity index (χ2v) is 5.54. The Bertz CT molecular complexity index is 564. The molecule has 1 N–H and O–H groups in total. The minimum Gasteiger partial charge on any atom is -0.326 e. The molecule has 0 saturated carbocycles. The standard InChI is InChI=1S/C16H23N3/c1-3-12-19-14-9-6-5-8-13(14)18-15(19)16(4-2)10-7-11-17-16/h5-6,8-9,17H,3-4,7,10-12H2,1-2H3. The van der Waals surface area contributed by atoms with E-state index < -0.39 is 0 Å². The van der Waals surface area contributed by atoms with Crippen LogP contribution < -0.4 is 5.32 Å². The normalized spacial score (nSPS) is 23.3. The fraction of sp³-hybridized carbons (Fsp3) is 0.562. The molecule has 19 heavy (non-hydrogen) atoms. The predicted molar refractivity (Wildman–Crippen MR) is 79.2 cm³/mol. The molecule has 1 aliphatic rings. The van der Waals surface area contributed by atoms with Crippen molar-refractivity contribution in [1.82, 2.24) is 14.9 Å². The molecular formula is C16H23N3. The Morgan fingerprint density at radius 2 is 2.16 bits per heavy atom. The second-order valence-electron chi connectivity index (χ2n) is 5.54. The summed E-state index contributed by atoms with van der Waals surface area (Å²) < 4.78 is 2.43. The Morgan fingerprint density at radius 3 is 2.84 bits per heavy atom. The molecule has 1 aromatic heterocycles. The Morgan fingerprint density at radius 1 is 1.32 bits per heavy atom. The third kappa shape index (κ3) is 1.96. The van der Waals surface area contributed by atoms with Crippen molar-refractivity contribution >= 4 is 11.0 Å².